The molecule has 0 spiro atoms. The van der Waals surface area contributed by atoms with Crippen molar-refractivity contribution in [1.29, 1.82) is 0 Å². The third kappa shape index (κ3) is 6.60. The number of esters is 1. The lowest BCUT2D eigenvalue weighted by atomic mass is 9.78. The first kappa shape index (κ1) is 31.8. The summed E-state index contributed by atoms with van der Waals surface area (Å²) in [5, 5.41) is 0. The van der Waals surface area contributed by atoms with E-state index in [0.29, 0.717) is 19.2 Å². The van der Waals surface area contributed by atoms with Crippen LogP contribution >= 0.6 is 0 Å². The molecule has 2 heterocycles. The number of ether oxygens (including phenoxy) is 2. The van der Waals surface area contributed by atoms with Gasteiger partial charge >= 0.3 is 19.2 Å². The summed E-state index contributed by atoms with van der Waals surface area (Å²) in [4.78, 5) is 30.1. The Morgan fingerprint density at radius 2 is 1.50 bits per heavy atom. The fourth-order valence-corrected chi connectivity index (χ4v) is 5.81. The molecule has 0 aliphatic carbocycles. The smallest absolute Gasteiger partial charge is 0.453 e. The molecule has 42 heavy (non-hydrogen) atoms. The summed E-state index contributed by atoms with van der Waals surface area (Å²) in [5.74, 6) is -0.454. The van der Waals surface area contributed by atoms with Crippen molar-refractivity contribution in [2.24, 2.45) is 0 Å². The van der Waals surface area contributed by atoms with Crippen LogP contribution in [0.1, 0.15) is 97.4 Å². The molecule has 0 N–H and O–H groups in total. The van der Waals surface area contributed by atoms with E-state index in [9.17, 15) is 9.59 Å². The van der Waals surface area contributed by atoms with Gasteiger partial charge in [-0.3, -0.25) is 4.90 Å². The highest BCUT2D eigenvalue weighted by Gasteiger charge is 2.58. The molecule has 2 aromatic carbocycles. The highest BCUT2D eigenvalue weighted by atomic mass is 16.7. The van der Waals surface area contributed by atoms with Crippen molar-refractivity contribution in [3.8, 4) is 0 Å². The van der Waals surface area contributed by atoms with Crippen LogP contribution in [0, 0.1) is 0 Å². The molecule has 0 radical (unpaired) electrons. The Labute approximate surface area is 251 Å². The number of hydrogen-bond acceptors (Lipinski definition) is 6. The fourth-order valence-electron chi connectivity index (χ4n) is 5.81. The maximum atomic E-state index is 14.2. The number of amides is 1. The third-order valence-corrected chi connectivity index (χ3v) is 8.56. The van der Waals surface area contributed by atoms with Gasteiger partial charge in [0.1, 0.15) is 17.2 Å². The Balaban J connectivity index is 1.71. The number of nitrogens with zero attached hydrogens (tertiary/aromatic N) is 1. The molecular formula is C34H46BNO6. The molecule has 1 amide bonds. The summed E-state index contributed by atoms with van der Waals surface area (Å²) in [5.41, 5.74) is -1.21. The molecule has 4 rings (SSSR count). The van der Waals surface area contributed by atoms with E-state index in [1.54, 1.807) is 11.0 Å². The molecule has 2 aliphatic heterocycles. The quantitative estimate of drug-likeness (QED) is 0.131. The highest BCUT2D eigenvalue weighted by molar-refractivity contribution is 6.45. The van der Waals surface area contributed by atoms with Crippen molar-refractivity contribution >= 4 is 19.2 Å². The Kier molecular flexibility index (Phi) is 9.29. The largest absolute Gasteiger partial charge is 0.457 e. The summed E-state index contributed by atoms with van der Waals surface area (Å²) >= 11 is 0. The van der Waals surface area contributed by atoms with E-state index in [2.05, 4.69) is 6.58 Å². The Morgan fingerprint density at radius 3 is 2.02 bits per heavy atom. The average molecular weight is 576 g/mol. The maximum absolute atomic E-state index is 14.2. The fraction of sp³-hybridized carbons (Fsp3) is 0.529. The molecule has 0 saturated carbocycles. The lowest BCUT2D eigenvalue weighted by molar-refractivity contribution is -0.189. The van der Waals surface area contributed by atoms with Gasteiger partial charge in [0, 0.05) is 0 Å². The molecule has 2 saturated heterocycles. The first-order valence-electron chi connectivity index (χ1n) is 15.0. The van der Waals surface area contributed by atoms with Crippen LogP contribution in [0.15, 0.2) is 73.3 Å². The number of benzene rings is 2. The molecule has 2 aliphatic rings. The van der Waals surface area contributed by atoms with E-state index in [-0.39, 0.29) is 13.5 Å². The SMILES string of the molecule is C=CC[C@]1(CCCCB2OC(C)(C)C(C)(C)O2)C(=O)O[C@@H](c2ccccc2)[C@@H](c2ccccc2)N1C(=O)OC(C)(C)C. The zero-order valence-corrected chi connectivity index (χ0v) is 26.2. The Morgan fingerprint density at radius 1 is 0.952 bits per heavy atom. The Hall–Kier alpha value is -3.10. The topological polar surface area (TPSA) is 74.3 Å². The molecule has 8 heteroatoms. The van der Waals surface area contributed by atoms with Gasteiger partial charge in [0.05, 0.1) is 11.2 Å². The van der Waals surface area contributed by atoms with Crippen LogP contribution in [-0.2, 0) is 23.6 Å². The van der Waals surface area contributed by atoms with Gasteiger partial charge in [-0.1, -0.05) is 79.6 Å². The number of unbranched alkanes of at least 4 members (excludes halogenated alkanes) is 1. The summed E-state index contributed by atoms with van der Waals surface area (Å²) in [7, 11) is -0.329. The van der Waals surface area contributed by atoms with E-state index < -0.39 is 46.6 Å². The number of cyclic esters (lactones) is 1. The average Bonchev–Trinajstić information content (AvgIpc) is 3.13. The lowest BCUT2D eigenvalue weighted by Gasteiger charge is -2.52. The van der Waals surface area contributed by atoms with Crippen molar-refractivity contribution in [3.05, 3.63) is 84.4 Å². The molecule has 0 unspecified atom stereocenters. The highest BCUT2D eigenvalue weighted by Crippen LogP contribution is 2.49. The predicted octanol–water partition coefficient (Wildman–Crippen LogP) is 7.84. The van der Waals surface area contributed by atoms with Crippen molar-refractivity contribution in [2.45, 2.75) is 115 Å². The van der Waals surface area contributed by atoms with Crippen molar-refractivity contribution in [2.75, 3.05) is 0 Å². The van der Waals surface area contributed by atoms with Crippen molar-refractivity contribution < 1.29 is 28.4 Å². The molecule has 7 nitrogen and oxygen atoms in total. The van der Waals surface area contributed by atoms with Crippen LogP contribution < -0.4 is 0 Å². The molecule has 226 valence electrons. The first-order chi connectivity index (χ1) is 19.7. The van der Waals surface area contributed by atoms with Crippen LogP contribution in [-0.4, -0.2) is 46.4 Å². The second-order valence-corrected chi connectivity index (χ2v) is 13.4. The molecule has 0 bridgehead atoms. The van der Waals surface area contributed by atoms with Crippen LogP contribution in [0.5, 0.6) is 0 Å². The number of carbonyl (C=O) groups is 2. The minimum absolute atomic E-state index is 0.229. The molecule has 2 fully saturated rings. The van der Waals surface area contributed by atoms with E-state index in [0.717, 1.165) is 17.5 Å². The molecule has 0 aromatic heterocycles. The van der Waals surface area contributed by atoms with Gasteiger partial charge in [-0.25, -0.2) is 9.59 Å². The van der Waals surface area contributed by atoms with E-state index in [1.165, 1.54) is 0 Å². The Bertz CT molecular complexity index is 1230. The second-order valence-electron chi connectivity index (χ2n) is 13.4. The van der Waals surface area contributed by atoms with Gasteiger partial charge in [0.2, 0.25) is 0 Å². The number of carbonyl (C=O) groups excluding carboxylic acids is 2. The van der Waals surface area contributed by atoms with Crippen LogP contribution in [0.2, 0.25) is 6.32 Å². The van der Waals surface area contributed by atoms with Crippen molar-refractivity contribution in [1.82, 2.24) is 4.90 Å². The normalized spacial score (nSPS) is 25.2. The van der Waals surface area contributed by atoms with Gasteiger partial charge in [0.15, 0.2) is 6.10 Å². The van der Waals surface area contributed by atoms with Crippen LogP contribution in [0.4, 0.5) is 4.79 Å². The zero-order valence-electron chi connectivity index (χ0n) is 26.2. The van der Waals surface area contributed by atoms with Crippen LogP contribution in [0.3, 0.4) is 0 Å². The standard InChI is InChI=1S/C34H46BNO6/c1-9-22-34(23-16-17-24-35-41-32(5,6)33(7,8)42-35)29(37)39-28(26-20-14-11-15-21-26)27(25-18-12-10-13-19-25)36(34)30(38)40-31(2,3)4/h9-15,18-21,27-28H,1,16-17,22-24H2,2-8H3/t27-,28+,34+/m1/s1. The van der Waals surface area contributed by atoms with Gasteiger partial charge in [0.25, 0.3) is 0 Å². The predicted molar refractivity (Wildman–Crippen MR) is 165 cm³/mol. The van der Waals surface area contributed by atoms with Gasteiger partial charge < -0.3 is 18.8 Å². The second kappa shape index (κ2) is 12.3. The van der Waals surface area contributed by atoms with E-state index in [1.807, 2.05) is 109 Å². The van der Waals surface area contributed by atoms with E-state index in [4.69, 9.17) is 18.8 Å². The lowest BCUT2D eigenvalue weighted by Crippen LogP contribution is -2.64. The molecule has 2 aromatic rings. The monoisotopic (exact) mass is 575 g/mol. The summed E-state index contributed by atoms with van der Waals surface area (Å²) in [6, 6.07) is 18.7. The number of hydrogen-bond donors (Lipinski definition) is 0. The molecule has 3 atom stereocenters. The third-order valence-electron chi connectivity index (χ3n) is 8.56. The van der Waals surface area contributed by atoms with Crippen molar-refractivity contribution in [3.63, 3.8) is 0 Å². The van der Waals surface area contributed by atoms with Crippen LogP contribution in [0.25, 0.3) is 0 Å². The summed E-state index contributed by atoms with van der Waals surface area (Å²) in [6.07, 6.45) is 3.09. The summed E-state index contributed by atoms with van der Waals surface area (Å²) in [6.45, 7) is 17.6. The van der Waals surface area contributed by atoms with Gasteiger partial charge in [-0.05, 0) is 78.8 Å². The number of rotatable bonds is 9. The zero-order chi connectivity index (χ0) is 30.8. The van der Waals surface area contributed by atoms with Gasteiger partial charge in [-0.2, -0.15) is 0 Å². The minimum Gasteiger partial charge on any atom is -0.453 e. The molecular weight excluding hydrogens is 529 g/mol. The summed E-state index contributed by atoms with van der Waals surface area (Å²) < 4.78 is 24.7. The minimum atomic E-state index is -1.30. The first-order valence-corrected chi connectivity index (χ1v) is 15.0. The van der Waals surface area contributed by atoms with E-state index >= 15 is 0 Å². The van der Waals surface area contributed by atoms with Gasteiger partial charge in [-0.15, -0.1) is 6.58 Å². The maximum Gasteiger partial charge on any atom is 0.457 e. The number of morpholine rings is 1.